The molecule has 29 heavy (non-hydrogen) atoms. The molecule has 0 bridgehead atoms. The molecule has 1 fully saturated rings. The third kappa shape index (κ3) is 3.44. The summed E-state index contributed by atoms with van der Waals surface area (Å²) in [6, 6.07) is 8.67. The second kappa shape index (κ2) is 7.31. The number of nitrogens with zero attached hydrogens (tertiary/aromatic N) is 2. The first kappa shape index (κ1) is 19.7. The number of ether oxygens (including phenoxy) is 1. The van der Waals surface area contributed by atoms with Gasteiger partial charge in [-0.3, -0.25) is 9.69 Å². The molecule has 1 saturated heterocycles. The highest BCUT2D eigenvalue weighted by Crippen LogP contribution is 2.35. The van der Waals surface area contributed by atoms with Gasteiger partial charge >= 0.3 is 6.03 Å². The van der Waals surface area contributed by atoms with Crippen LogP contribution in [-0.2, 0) is 16.9 Å². The first-order valence-electron chi connectivity index (χ1n) is 8.81. The smallest absolute Gasteiger partial charge is 0.325 e. The van der Waals surface area contributed by atoms with Crippen molar-refractivity contribution in [2.45, 2.75) is 25.9 Å². The van der Waals surface area contributed by atoms with E-state index in [1.165, 1.54) is 11.3 Å². The minimum Gasteiger partial charge on any atom is -0.496 e. The molecule has 150 valence electrons. The standard InChI is InChI=1S/C20H18BrN3O4S/c1-11-4-7-16(28-11)20(2)18(25)24(19(26)23-20)9-13-10-29-17(22-13)14-8-12(21)5-6-15(14)27-3/h4-8,10H,9H2,1-3H3,(H,23,26). The van der Waals surface area contributed by atoms with Crippen LogP contribution in [0.15, 0.2) is 44.6 Å². The van der Waals surface area contributed by atoms with Crippen molar-refractivity contribution in [3.05, 3.63) is 57.4 Å². The number of imide groups is 1. The fourth-order valence-electron chi connectivity index (χ4n) is 3.22. The van der Waals surface area contributed by atoms with Crippen LogP contribution in [0.2, 0.25) is 0 Å². The van der Waals surface area contributed by atoms with Gasteiger partial charge in [0, 0.05) is 9.85 Å². The van der Waals surface area contributed by atoms with Crippen molar-refractivity contribution in [2.75, 3.05) is 7.11 Å². The Kier molecular flexibility index (Phi) is 4.95. The van der Waals surface area contributed by atoms with Crippen LogP contribution in [0.4, 0.5) is 4.79 Å². The van der Waals surface area contributed by atoms with Crippen LogP contribution in [0.5, 0.6) is 5.75 Å². The number of furan rings is 1. The highest BCUT2D eigenvalue weighted by atomic mass is 79.9. The molecule has 1 unspecified atom stereocenters. The van der Waals surface area contributed by atoms with Gasteiger partial charge in [0.05, 0.1) is 24.9 Å². The van der Waals surface area contributed by atoms with Crippen LogP contribution in [0, 0.1) is 6.92 Å². The van der Waals surface area contributed by atoms with E-state index in [-0.39, 0.29) is 12.5 Å². The Bertz CT molecular complexity index is 1110. The molecule has 2 aromatic heterocycles. The molecule has 9 heteroatoms. The van der Waals surface area contributed by atoms with E-state index in [1.807, 2.05) is 23.6 Å². The summed E-state index contributed by atoms with van der Waals surface area (Å²) >= 11 is 4.89. The minimum atomic E-state index is -1.22. The number of urea groups is 1. The summed E-state index contributed by atoms with van der Waals surface area (Å²) in [6.07, 6.45) is 0. The summed E-state index contributed by atoms with van der Waals surface area (Å²) in [5.41, 5.74) is 0.235. The van der Waals surface area contributed by atoms with Gasteiger partial charge in [-0.2, -0.15) is 0 Å². The van der Waals surface area contributed by atoms with E-state index in [9.17, 15) is 9.59 Å². The molecule has 3 amide bonds. The summed E-state index contributed by atoms with van der Waals surface area (Å²) in [5, 5.41) is 5.32. The van der Waals surface area contributed by atoms with Gasteiger partial charge in [-0.1, -0.05) is 15.9 Å². The quantitative estimate of drug-likeness (QED) is 0.550. The van der Waals surface area contributed by atoms with Crippen molar-refractivity contribution >= 4 is 39.2 Å². The molecule has 0 saturated carbocycles. The Morgan fingerprint density at radius 2 is 2.10 bits per heavy atom. The summed E-state index contributed by atoms with van der Waals surface area (Å²) in [5.74, 6) is 1.42. The van der Waals surface area contributed by atoms with Crippen LogP contribution >= 0.6 is 27.3 Å². The number of hydrogen-bond acceptors (Lipinski definition) is 6. The topological polar surface area (TPSA) is 84.7 Å². The molecule has 1 N–H and O–H groups in total. The fraction of sp³-hybridized carbons (Fsp3) is 0.250. The first-order chi connectivity index (χ1) is 13.8. The second-order valence-corrected chi connectivity index (χ2v) is 8.62. The van der Waals surface area contributed by atoms with Crippen molar-refractivity contribution in [1.29, 1.82) is 0 Å². The number of carbonyl (C=O) groups excluding carboxylic acids is 2. The van der Waals surface area contributed by atoms with Crippen LogP contribution in [0.1, 0.15) is 24.1 Å². The first-order valence-corrected chi connectivity index (χ1v) is 10.5. The van der Waals surface area contributed by atoms with E-state index in [4.69, 9.17) is 9.15 Å². The highest BCUT2D eigenvalue weighted by molar-refractivity contribution is 9.10. The molecule has 0 spiro atoms. The maximum atomic E-state index is 13.0. The monoisotopic (exact) mass is 475 g/mol. The molecule has 1 aliphatic heterocycles. The van der Waals surface area contributed by atoms with E-state index in [0.717, 1.165) is 19.9 Å². The number of benzene rings is 1. The lowest BCUT2D eigenvalue weighted by Crippen LogP contribution is -2.40. The zero-order valence-electron chi connectivity index (χ0n) is 16.0. The van der Waals surface area contributed by atoms with E-state index < -0.39 is 11.6 Å². The van der Waals surface area contributed by atoms with Crippen LogP contribution in [0.3, 0.4) is 0 Å². The van der Waals surface area contributed by atoms with Crippen molar-refractivity contribution in [2.24, 2.45) is 0 Å². The molecule has 1 aliphatic rings. The number of carbonyl (C=O) groups is 2. The van der Waals surface area contributed by atoms with Gasteiger partial charge in [0.2, 0.25) is 0 Å². The number of rotatable bonds is 5. The van der Waals surface area contributed by atoms with Gasteiger partial charge in [0.1, 0.15) is 22.3 Å². The Balaban J connectivity index is 1.59. The lowest BCUT2D eigenvalue weighted by molar-refractivity contribution is -0.132. The van der Waals surface area contributed by atoms with Crippen molar-refractivity contribution in [3.8, 4) is 16.3 Å². The maximum Gasteiger partial charge on any atom is 0.325 e. The Morgan fingerprint density at radius 3 is 2.79 bits per heavy atom. The van der Waals surface area contributed by atoms with Crippen LogP contribution in [-0.4, -0.2) is 28.9 Å². The van der Waals surface area contributed by atoms with Gasteiger partial charge < -0.3 is 14.5 Å². The van der Waals surface area contributed by atoms with Gasteiger partial charge in [-0.25, -0.2) is 9.78 Å². The average Bonchev–Trinajstić information content (AvgIpc) is 3.38. The van der Waals surface area contributed by atoms with Gasteiger partial charge in [-0.05, 0) is 44.2 Å². The predicted molar refractivity (Wildman–Crippen MR) is 112 cm³/mol. The molecule has 3 aromatic rings. The maximum absolute atomic E-state index is 13.0. The average molecular weight is 476 g/mol. The largest absolute Gasteiger partial charge is 0.496 e. The number of thiazole rings is 1. The molecule has 3 heterocycles. The lowest BCUT2D eigenvalue weighted by Gasteiger charge is -2.18. The molecule has 7 nitrogen and oxygen atoms in total. The van der Waals surface area contributed by atoms with E-state index >= 15 is 0 Å². The summed E-state index contributed by atoms with van der Waals surface area (Å²) in [4.78, 5) is 31.3. The molecule has 1 atom stereocenters. The third-order valence-electron chi connectivity index (χ3n) is 4.77. The van der Waals surface area contributed by atoms with E-state index in [0.29, 0.717) is 23.0 Å². The Morgan fingerprint density at radius 1 is 1.31 bits per heavy atom. The molecule has 1 aromatic carbocycles. The number of methoxy groups -OCH3 is 1. The summed E-state index contributed by atoms with van der Waals surface area (Å²) in [7, 11) is 1.60. The third-order valence-corrected chi connectivity index (χ3v) is 6.19. The molecular weight excluding hydrogens is 458 g/mol. The van der Waals surface area contributed by atoms with Crippen LogP contribution in [0.25, 0.3) is 10.6 Å². The van der Waals surface area contributed by atoms with E-state index in [2.05, 4.69) is 26.2 Å². The zero-order chi connectivity index (χ0) is 20.8. The second-order valence-electron chi connectivity index (χ2n) is 6.85. The number of hydrogen-bond donors (Lipinski definition) is 1. The molecular formula is C20H18BrN3O4S. The fourth-order valence-corrected chi connectivity index (χ4v) is 4.42. The minimum absolute atomic E-state index is 0.0762. The number of nitrogens with one attached hydrogen (secondary N) is 1. The SMILES string of the molecule is COc1ccc(Br)cc1-c1nc(CN2C(=O)NC(C)(c3ccc(C)o3)C2=O)cs1. The van der Waals surface area contributed by atoms with Crippen molar-refractivity contribution < 1.29 is 18.7 Å². The zero-order valence-corrected chi connectivity index (χ0v) is 18.4. The van der Waals surface area contributed by atoms with Gasteiger partial charge in [-0.15, -0.1) is 11.3 Å². The summed E-state index contributed by atoms with van der Waals surface area (Å²) in [6.45, 7) is 3.51. The number of aromatic nitrogens is 1. The van der Waals surface area contributed by atoms with Crippen molar-refractivity contribution in [3.63, 3.8) is 0 Å². The number of amides is 3. The Hall–Kier alpha value is -2.65. The predicted octanol–water partition coefficient (Wildman–Crippen LogP) is 4.45. The summed E-state index contributed by atoms with van der Waals surface area (Å²) < 4.78 is 11.9. The normalized spacial score (nSPS) is 19.0. The Labute approximate surface area is 179 Å². The number of halogens is 1. The van der Waals surface area contributed by atoms with Crippen LogP contribution < -0.4 is 10.1 Å². The molecule has 0 aliphatic carbocycles. The lowest BCUT2D eigenvalue weighted by atomic mass is 9.99. The van der Waals surface area contributed by atoms with Gasteiger partial charge in [0.15, 0.2) is 5.54 Å². The van der Waals surface area contributed by atoms with Crippen molar-refractivity contribution in [1.82, 2.24) is 15.2 Å². The molecule has 0 radical (unpaired) electrons. The molecule has 4 rings (SSSR count). The van der Waals surface area contributed by atoms with Gasteiger partial charge in [0.25, 0.3) is 5.91 Å². The number of aryl methyl sites for hydroxylation is 1. The van der Waals surface area contributed by atoms with E-state index in [1.54, 1.807) is 33.1 Å². The highest BCUT2D eigenvalue weighted by Gasteiger charge is 2.51.